The van der Waals surface area contributed by atoms with Gasteiger partial charge in [-0.1, -0.05) is 147 Å². The quantitative estimate of drug-likeness (QED) is 0.257. The molecule has 0 aliphatic heterocycles. The van der Waals surface area contributed by atoms with Crippen LogP contribution in [0.3, 0.4) is 0 Å². The van der Waals surface area contributed by atoms with Crippen molar-refractivity contribution < 1.29 is 8.78 Å². The Morgan fingerprint density at radius 2 is 0.905 bits per heavy atom. The molecule has 3 aromatic rings. The summed E-state index contributed by atoms with van der Waals surface area (Å²) in [5.41, 5.74) is 3.92. The van der Waals surface area contributed by atoms with Gasteiger partial charge in [-0.2, -0.15) is 5.26 Å². The van der Waals surface area contributed by atoms with E-state index in [0.717, 1.165) is 93.3 Å². The van der Waals surface area contributed by atoms with Gasteiger partial charge in [0.2, 0.25) is 0 Å². The second-order valence-electron chi connectivity index (χ2n) is 21.8. The molecule has 3 heteroatoms. The second kappa shape index (κ2) is 26.8. The highest BCUT2D eigenvalue weighted by Crippen LogP contribution is 2.58. The van der Waals surface area contributed by atoms with Crippen molar-refractivity contribution in [2.75, 3.05) is 0 Å². The third-order valence-electron chi connectivity index (χ3n) is 17.1. The van der Waals surface area contributed by atoms with Crippen molar-refractivity contribution in [3.63, 3.8) is 0 Å². The summed E-state index contributed by atoms with van der Waals surface area (Å²) < 4.78 is 24.3. The van der Waals surface area contributed by atoms with Crippen molar-refractivity contribution in [1.82, 2.24) is 0 Å². The molecule has 0 unspecified atom stereocenters. The topological polar surface area (TPSA) is 23.8 Å². The van der Waals surface area contributed by atoms with Crippen LogP contribution in [-0.2, 0) is 0 Å². The Labute approximate surface area is 386 Å². The van der Waals surface area contributed by atoms with Crippen LogP contribution in [0.4, 0.5) is 8.78 Å². The minimum Gasteiger partial charge on any atom is -0.207 e. The number of halogens is 2. The molecule has 0 atom stereocenters. The van der Waals surface area contributed by atoms with E-state index in [1.807, 2.05) is 45.0 Å². The maximum atomic E-state index is 12.2. The molecule has 0 heterocycles. The number of hydrogen-bond donors (Lipinski definition) is 0. The van der Waals surface area contributed by atoms with Crippen molar-refractivity contribution in [3.05, 3.63) is 107 Å². The average molecular weight is 862 g/mol. The number of hydrogen-bond acceptors (Lipinski definition) is 1. The normalized spacial score (nSPS) is 30.4. The molecule has 10 saturated carbocycles. The Balaban J connectivity index is 0.000000140. The predicted molar refractivity (Wildman–Crippen MR) is 264 cm³/mol. The van der Waals surface area contributed by atoms with Gasteiger partial charge in [0, 0.05) is 0 Å². The SMILES string of the molecule is CC1C2CC3CC(C2)CC1C3.CCC1C2CC3CC(C2)CC1C3.CCC1CCCC1.CCC1CCCCC1.Cc1ccc(F)cc1.Cc1cccc(C#N)c1.Cc1cccc(F)c1. The van der Waals surface area contributed by atoms with Crippen LogP contribution < -0.4 is 0 Å². The lowest BCUT2D eigenvalue weighted by molar-refractivity contribution is -0.0376. The zero-order valence-corrected chi connectivity index (χ0v) is 41.1. The summed E-state index contributed by atoms with van der Waals surface area (Å²) >= 11 is 0. The van der Waals surface area contributed by atoms with Gasteiger partial charge in [0.15, 0.2) is 0 Å². The summed E-state index contributed by atoms with van der Waals surface area (Å²) in [6.07, 6.45) is 33.8. The Morgan fingerprint density at radius 1 is 0.476 bits per heavy atom. The molecule has 13 rings (SSSR count). The molecule has 348 valence electrons. The molecular formula is C60H89F2N. The Morgan fingerprint density at radius 3 is 1.24 bits per heavy atom. The highest BCUT2D eigenvalue weighted by atomic mass is 19.1. The van der Waals surface area contributed by atoms with Gasteiger partial charge in [-0.25, -0.2) is 8.78 Å². The molecule has 8 bridgehead atoms. The van der Waals surface area contributed by atoms with Crippen molar-refractivity contribution in [2.45, 2.75) is 190 Å². The van der Waals surface area contributed by atoms with Gasteiger partial charge in [-0.15, -0.1) is 0 Å². The van der Waals surface area contributed by atoms with Crippen LogP contribution in [0.15, 0.2) is 72.8 Å². The van der Waals surface area contributed by atoms with Gasteiger partial charge in [0.1, 0.15) is 11.6 Å². The van der Waals surface area contributed by atoms with Gasteiger partial charge in [-0.05, 0) is 204 Å². The van der Waals surface area contributed by atoms with Crippen LogP contribution in [0.5, 0.6) is 0 Å². The lowest BCUT2D eigenvalue weighted by atomic mass is 9.51. The van der Waals surface area contributed by atoms with E-state index in [9.17, 15) is 8.78 Å². The van der Waals surface area contributed by atoms with E-state index in [1.165, 1.54) is 101 Å². The number of nitrogens with zero attached hydrogens (tertiary/aromatic N) is 1. The minimum absolute atomic E-state index is 0.162. The fourth-order valence-electron chi connectivity index (χ4n) is 13.8. The number of nitriles is 1. The van der Waals surface area contributed by atoms with E-state index in [1.54, 1.807) is 88.5 Å². The molecule has 3 aromatic carbocycles. The van der Waals surface area contributed by atoms with Crippen LogP contribution >= 0.6 is 0 Å². The predicted octanol–water partition coefficient (Wildman–Crippen LogP) is 18.2. The average Bonchev–Trinajstić information content (AvgIpc) is 3.82. The van der Waals surface area contributed by atoms with Crippen molar-refractivity contribution >= 4 is 0 Å². The summed E-state index contributed by atoms with van der Waals surface area (Å²) in [5, 5.41) is 8.41. The van der Waals surface area contributed by atoms with E-state index in [-0.39, 0.29) is 11.6 Å². The van der Waals surface area contributed by atoms with Crippen molar-refractivity contribution in [2.24, 2.45) is 71.0 Å². The standard InChI is InChI=1S/C12H20.C11H18.C8H7N.C8H16.2C7H7F.C7H14/c1-2-12-10-4-8-3-9(6-10)7-11(12)5-8;1-7-10-3-8-2-9(5-10)6-11(7)4-8;1-7-3-2-4-8(5-7)6-9;1-2-8-6-4-3-5-7-8;1-6-2-4-7(8)5-3-6;1-6-3-2-4-7(8)5-6;1-2-7-5-3-4-6-7/h8-12H,2-7H2,1H3;7-11H,2-6H2,1H3;2-5H,1H3;8H,2-7H2,1H3;2*2-5H,1H3;7H,2-6H2,1H3. The van der Waals surface area contributed by atoms with Crippen LogP contribution in [-0.4, -0.2) is 0 Å². The molecule has 10 aliphatic carbocycles. The molecule has 0 radical (unpaired) electrons. The first-order chi connectivity index (χ1) is 30.5. The van der Waals surface area contributed by atoms with Gasteiger partial charge >= 0.3 is 0 Å². The largest absolute Gasteiger partial charge is 0.207 e. The zero-order valence-electron chi connectivity index (χ0n) is 41.1. The zero-order chi connectivity index (χ0) is 45.1. The van der Waals surface area contributed by atoms with Gasteiger partial charge in [-0.3, -0.25) is 0 Å². The first-order valence-electron chi connectivity index (χ1n) is 26.4. The van der Waals surface area contributed by atoms with Crippen molar-refractivity contribution in [1.29, 1.82) is 5.26 Å². The highest BCUT2D eigenvalue weighted by Gasteiger charge is 2.47. The monoisotopic (exact) mass is 862 g/mol. The van der Waals surface area contributed by atoms with Crippen molar-refractivity contribution in [3.8, 4) is 6.07 Å². The molecule has 0 aromatic heterocycles. The lowest BCUT2D eigenvalue weighted by Crippen LogP contribution is -2.44. The van der Waals surface area contributed by atoms with Crippen LogP contribution in [0.25, 0.3) is 0 Å². The first kappa shape index (κ1) is 51.0. The molecule has 10 aliphatic rings. The Bertz CT molecular complexity index is 1650. The fourth-order valence-corrected chi connectivity index (χ4v) is 13.8. The van der Waals surface area contributed by atoms with Crippen LogP contribution in [0.1, 0.15) is 191 Å². The minimum atomic E-state index is -0.171. The maximum Gasteiger partial charge on any atom is 0.123 e. The maximum absolute atomic E-state index is 12.2. The van der Waals surface area contributed by atoms with E-state index < -0.39 is 0 Å². The van der Waals surface area contributed by atoms with E-state index >= 15 is 0 Å². The van der Waals surface area contributed by atoms with Gasteiger partial charge < -0.3 is 0 Å². The first-order valence-corrected chi connectivity index (χ1v) is 26.4. The summed E-state index contributed by atoms with van der Waals surface area (Å²) in [6, 6.07) is 22.5. The number of benzene rings is 3. The number of rotatable bonds is 3. The Hall–Kier alpha value is -2.99. The molecule has 0 saturated heterocycles. The molecule has 0 amide bonds. The van der Waals surface area contributed by atoms with E-state index in [2.05, 4.69) is 33.8 Å². The summed E-state index contributed by atoms with van der Waals surface area (Å²) in [6.45, 7) is 15.3. The summed E-state index contributed by atoms with van der Waals surface area (Å²) in [4.78, 5) is 0. The van der Waals surface area contributed by atoms with E-state index in [0.29, 0.717) is 0 Å². The molecule has 63 heavy (non-hydrogen) atoms. The fraction of sp³-hybridized carbons (Fsp3) is 0.683. The summed E-state index contributed by atoms with van der Waals surface area (Å²) in [7, 11) is 0. The highest BCUT2D eigenvalue weighted by molar-refractivity contribution is 5.31. The van der Waals surface area contributed by atoms with Gasteiger partial charge in [0.05, 0.1) is 11.6 Å². The number of aryl methyl sites for hydroxylation is 3. The molecule has 0 spiro atoms. The van der Waals surface area contributed by atoms with Crippen LogP contribution in [0.2, 0.25) is 0 Å². The van der Waals surface area contributed by atoms with Gasteiger partial charge in [0.25, 0.3) is 0 Å². The molecule has 0 N–H and O–H groups in total. The molecule has 10 fully saturated rings. The lowest BCUT2D eigenvalue weighted by Gasteiger charge is -2.54. The Kier molecular flexibility index (Phi) is 21.7. The third kappa shape index (κ3) is 17.1. The molecule has 1 nitrogen and oxygen atoms in total. The molecular weight excluding hydrogens is 773 g/mol. The smallest absolute Gasteiger partial charge is 0.123 e. The summed E-state index contributed by atoms with van der Waals surface area (Å²) in [5.74, 6) is 13.3. The van der Waals surface area contributed by atoms with Crippen LogP contribution in [0, 0.1) is 115 Å². The van der Waals surface area contributed by atoms with E-state index in [4.69, 9.17) is 5.26 Å². The second-order valence-corrected chi connectivity index (χ2v) is 21.8. The third-order valence-corrected chi connectivity index (χ3v) is 17.1.